The fraction of sp³-hybridized carbons (Fsp3) is 0. The molecule has 0 aliphatic heterocycles. The van der Waals surface area contributed by atoms with Gasteiger partial charge >= 0.3 is 0 Å². The first-order valence-electron chi connectivity index (χ1n) is 6.87. The van der Waals surface area contributed by atoms with Gasteiger partial charge in [-0.1, -0.05) is 0 Å². The number of hydrogen-bond acceptors (Lipinski definition) is 6. The van der Waals surface area contributed by atoms with Crippen LogP contribution in [0.1, 0.15) is 0 Å². The van der Waals surface area contributed by atoms with Crippen molar-refractivity contribution < 1.29 is 23.2 Å². The lowest BCUT2D eigenvalue weighted by molar-refractivity contribution is 0.475. The highest BCUT2D eigenvalue weighted by molar-refractivity contribution is 7.85. The maximum atomic E-state index is 11.2. The molecule has 120 valence electrons. The first-order chi connectivity index (χ1) is 11.3. The van der Waals surface area contributed by atoms with E-state index in [0.717, 1.165) is 0 Å². The fourth-order valence-electron chi connectivity index (χ4n) is 2.67. The minimum atomic E-state index is -4.35. The molecule has 3 N–H and O–H groups in total. The molecule has 0 fully saturated rings. The molecule has 0 amide bonds. The Labute approximate surface area is 135 Å². The average Bonchev–Trinajstić information content (AvgIpc) is 2.52. The Bertz CT molecular complexity index is 1250. The molecular formula is C16H10N2O5S. The summed E-state index contributed by atoms with van der Waals surface area (Å²) in [7, 11) is -4.35. The fourth-order valence-corrected chi connectivity index (χ4v) is 3.17. The molecule has 0 aliphatic rings. The molecule has 0 spiro atoms. The molecule has 0 saturated heterocycles. The third kappa shape index (κ3) is 2.20. The predicted molar refractivity (Wildman–Crippen MR) is 87.7 cm³/mol. The zero-order valence-electron chi connectivity index (χ0n) is 12.0. The quantitative estimate of drug-likeness (QED) is 0.276. The van der Waals surface area contributed by atoms with Gasteiger partial charge in [0.05, 0.1) is 27.0 Å². The molecule has 0 atom stereocenters. The summed E-state index contributed by atoms with van der Waals surface area (Å²) in [6.07, 6.45) is 0. The zero-order chi connectivity index (χ0) is 17.1. The maximum Gasteiger partial charge on any atom is 0.294 e. The molecule has 7 nitrogen and oxygen atoms in total. The molecule has 0 bridgehead atoms. The van der Waals surface area contributed by atoms with Gasteiger partial charge < -0.3 is 10.2 Å². The largest absolute Gasteiger partial charge is 0.508 e. The molecule has 1 heterocycles. The van der Waals surface area contributed by atoms with Crippen molar-refractivity contribution in [2.75, 3.05) is 0 Å². The average molecular weight is 342 g/mol. The van der Waals surface area contributed by atoms with E-state index >= 15 is 0 Å². The van der Waals surface area contributed by atoms with Crippen LogP contribution in [0, 0.1) is 0 Å². The molecule has 0 radical (unpaired) electrons. The number of phenolic OH excluding ortho intramolecular Hbond substituents is 2. The van der Waals surface area contributed by atoms with Crippen LogP contribution in [0.5, 0.6) is 11.5 Å². The number of hydrogen-bond donors (Lipinski definition) is 3. The van der Waals surface area contributed by atoms with E-state index in [2.05, 4.69) is 9.97 Å². The van der Waals surface area contributed by atoms with E-state index in [1.54, 1.807) is 6.07 Å². The Morgan fingerprint density at radius 1 is 0.792 bits per heavy atom. The topological polar surface area (TPSA) is 121 Å². The second-order valence-electron chi connectivity index (χ2n) is 5.34. The summed E-state index contributed by atoms with van der Waals surface area (Å²) in [5, 5.41) is 20.9. The second kappa shape index (κ2) is 4.76. The van der Waals surface area contributed by atoms with E-state index in [9.17, 15) is 18.6 Å². The van der Waals surface area contributed by atoms with Crippen LogP contribution in [0.3, 0.4) is 0 Å². The molecule has 4 rings (SSSR count). The minimum absolute atomic E-state index is 0.0259. The van der Waals surface area contributed by atoms with Crippen molar-refractivity contribution in [3.63, 3.8) is 0 Å². The summed E-state index contributed by atoms with van der Waals surface area (Å²) in [5.41, 5.74) is 1.48. The van der Waals surface area contributed by atoms with E-state index in [1.807, 2.05) is 0 Å². The lowest BCUT2D eigenvalue weighted by Crippen LogP contribution is -1.98. The summed E-state index contributed by atoms with van der Waals surface area (Å²) < 4.78 is 31.6. The molecule has 4 aromatic rings. The summed E-state index contributed by atoms with van der Waals surface area (Å²) in [6.45, 7) is 0. The van der Waals surface area contributed by atoms with Crippen LogP contribution in [0.15, 0.2) is 47.4 Å². The van der Waals surface area contributed by atoms with Crippen molar-refractivity contribution in [3.05, 3.63) is 42.5 Å². The van der Waals surface area contributed by atoms with Crippen LogP contribution in [0.25, 0.3) is 32.8 Å². The number of fused-ring (bicyclic) bond motifs is 4. The smallest absolute Gasteiger partial charge is 0.294 e. The lowest BCUT2D eigenvalue weighted by Gasteiger charge is -2.08. The molecule has 8 heteroatoms. The van der Waals surface area contributed by atoms with Gasteiger partial charge in [0.15, 0.2) is 0 Å². The minimum Gasteiger partial charge on any atom is -0.508 e. The number of nitrogens with zero attached hydrogens (tertiary/aromatic N) is 2. The third-order valence-electron chi connectivity index (χ3n) is 3.77. The van der Waals surface area contributed by atoms with Crippen LogP contribution in [0.2, 0.25) is 0 Å². The van der Waals surface area contributed by atoms with Crippen LogP contribution < -0.4 is 0 Å². The summed E-state index contributed by atoms with van der Waals surface area (Å²) in [6, 6.07) is 9.81. The van der Waals surface area contributed by atoms with Crippen molar-refractivity contribution in [2.24, 2.45) is 0 Å². The summed E-state index contributed by atoms with van der Waals surface area (Å²) in [4.78, 5) is 8.48. The predicted octanol–water partition coefficient (Wildman–Crippen LogP) is 2.59. The maximum absolute atomic E-state index is 11.2. The van der Waals surface area contributed by atoms with Crippen LogP contribution in [-0.4, -0.2) is 33.2 Å². The number of phenols is 2. The highest BCUT2D eigenvalue weighted by Crippen LogP contribution is 2.34. The molecular weight excluding hydrogens is 332 g/mol. The standard InChI is InChI=1S/C16H10N2O5S/c19-8-1-3-10-11(5-8)16-14(7-15(10)20)17-13-6-9(24(21,22)23)2-4-12(13)18-16/h1-7,19-20H,(H,21,22,23). The van der Waals surface area contributed by atoms with Crippen molar-refractivity contribution in [1.29, 1.82) is 0 Å². The number of rotatable bonds is 1. The summed E-state index contributed by atoms with van der Waals surface area (Å²) in [5.74, 6) is -0.00453. The van der Waals surface area contributed by atoms with Crippen molar-refractivity contribution >= 4 is 43.0 Å². The van der Waals surface area contributed by atoms with Gasteiger partial charge in [-0.05, 0) is 36.4 Å². The SMILES string of the molecule is O=S(=O)(O)c1ccc2nc3c(cc(O)c4ccc(O)cc43)nc2c1. The number of benzene rings is 3. The van der Waals surface area contributed by atoms with Crippen molar-refractivity contribution in [2.45, 2.75) is 4.90 Å². The molecule has 3 aromatic carbocycles. The highest BCUT2D eigenvalue weighted by atomic mass is 32.2. The number of aromatic hydroxyl groups is 2. The van der Waals surface area contributed by atoms with Crippen LogP contribution in [-0.2, 0) is 10.1 Å². The Morgan fingerprint density at radius 2 is 1.58 bits per heavy atom. The Hall–Kier alpha value is -2.97. The zero-order valence-corrected chi connectivity index (χ0v) is 12.8. The van der Waals surface area contributed by atoms with E-state index in [1.165, 1.54) is 36.4 Å². The molecule has 24 heavy (non-hydrogen) atoms. The molecule has 0 unspecified atom stereocenters. The summed E-state index contributed by atoms with van der Waals surface area (Å²) >= 11 is 0. The van der Waals surface area contributed by atoms with Gasteiger partial charge in [0.2, 0.25) is 0 Å². The molecule has 1 aromatic heterocycles. The van der Waals surface area contributed by atoms with E-state index in [-0.39, 0.29) is 21.9 Å². The van der Waals surface area contributed by atoms with Gasteiger partial charge in [-0.3, -0.25) is 4.55 Å². The van der Waals surface area contributed by atoms with E-state index < -0.39 is 10.1 Å². The van der Waals surface area contributed by atoms with Crippen LogP contribution in [0.4, 0.5) is 0 Å². The van der Waals surface area contributed by atoms with Gasteiger partial charge in [-0.25, -0.2) is 9.97 Å². The Balaban J connectivity index is 2.14. The van der Waals surface area contributed by atoms with Crippen LogP contribution >= 0.6 is 0 Å². The lowest BCUT2D eigenvalue weighted by atomic mass is 10.1. The van der Waals surface area contributed by atoms with Gasteiger partial charge in [0.25, 0.3) is 10.1 Å². The monoisotopic (exact) mass is 342 g/mol. The van der Waals surface area contributed by atoms with Gasteiger partial charge in [-0.15, -0.1) is 0 Å². The van der Waals surface area contributed by atoms with Gasteiger partial charge in [0, 0.05) is 16.8 Å². The van der Waals surface area contributed by atoms with Gasteiger partial charge in [-0.2, -0.15) is 8.42 Å². The molecule has 0 aliphatic carbocycles. The third-order valence-corrected chi connectivity index (χ3v) is 4.62. The van der Waals surface area contributed by atoms with E-state index in [4.69, 9.17) is 4.55 Å². The van der Waals surface area contributed by atoms with Gasteiger partial charge in [0.1, 0.15) is 11.5 Å². The van der Waals surface area contributed by atoms with Crippen molar-refractivity contribution in [1.82, 2.24) is 9.97 Å². The second-order valence-corrected chi connectivity index (χ2v) is 6.76. The Morgan fingerprint density at radius 3 is 2.33 bits per heavy atom. The molecule has 0 saturated carbocycles. The highest BCUT2D eigenvalue weighted by Gasteiger charge is 2.14. The first-order valence-corrected chi connectivity index (χ1v) is 8.31. The Kier molecular flexibility index (Phi) is 2.90. The normalized spacial score (nSPS) is 12.2. The van der Waals surface area contributed by atoms with E-state index in [0.29, 0.717) is 27.3 Å². The number of aromatic nitrogens is 2. The first kappa shape index (κ1) is 14.6. The van der Waals surface area contributed by atoms with Crippen molar-refractivity contribution in [3.8, 4) is 11.5 Å².